The maximum Gasteiger partial charge on any atom is 0.407 e. The van der Waals surface area contributed by atoms with Crippen LogP contribution in [-0.4, -0.2) is 44.3 Å². The summed E-state index contributed by atoms with van der Waals surface area (Å²) in [5.74, 6) is 1.93. The highest BCUT2D eigenvalue weighted by atomic mass is 33.1. The molecule has 6 heteroatoms. The molecule has 0 aromatic carbocycles. The smallest absolute Gasteiger partial charge is 0.407 e. The Morgan fingerprint density at radius 1 is 1.36 bits per heavy atom. The highest BCUT2D eigenvalue weighted by Gasteiger charge is 1.99. The third kappa shape index (κ3) is 10.0. The third-order valence-corrected chi connectivity index (χ3v) is 3.69. The minimum atomic E-state index is -0.331. The third-order valence-electron chi connectivity index (χ3n) is 1.25. The molecule has 2 N–H and O–H groups in total. The lowest BCUT2D eigenvalue weighted by molar-refractivity contribution is 0.153. The van der Waals surface area contributed by atoms with Crippen LogP contribution in [0.3, 0.4) is 0 Å². The number of nitrogens with one attached hydrogen (secondary N) is 2. The van der Waals surface area contributed by atoms with Crippen LogP contribution in [0.15, 0.2) is 0 Å². The molecule has 0 radical (unpaired) electrons. The highest BCUT2D eigenvalue weighted by molar-refractivity contribution is 8.76. The number of rotatable bonds is 8. The van der Waals surface area contributed by atoms with Gasteiger partial charge in [-0.3, -0.25) is 0 Å². The second kappa shape index (κ2) is 11.0. The van der Waals surface area contributed by atoms with Crippen LogP contribution in [0, 0.1) is 0 Å². The Balaban J connectivity index is 3.10. The van der Waals surface area contributed by atoms with Gasteiger partial charge in [0.2, 0.25) is 0 Å². The summed E-state index contributed by atoms with van der Waals surface area (Å²) in [6, 6.07) is 0. The molecule has 0 saturated heterocycles. The molecule has 1 amide bonds. The largest absolute Gasteiger partial charge is 0.449 e. The molecule has 0 aromatic rings. The summed E-state index contributed by atoms with van der Waals surface area (Å²) in [7, 11) is 5.34. The molecule has 0 unspecified atom stereocenters. The first kappa shape index (κ1) is 13.9. The van der Waals surface area contributed by atoms with E-state index in [2.05, 4.69) is 17.6 Å². The first-order chi connectivity index (χ1) is 6.81. The van der Waals surface area contributed by atoms with Gasteiger partial charge in [0.05, 0.1) is 0 Å². The number of carbonyl (C=O) groups is 1. The normalized spacial score (nSPS) is 9.86. The van der Waals surface area contributed by atoms with Gasteiger partial charge in [0.25, 0.3) is 0 Å². The second-order valence-electron chi connectivity index (χ2n) is 2.39. The van der Waals surface area contributed by atoms with Crippen molar-refractivity contribution >= 4 is 27.7 Å². The van der Waals surface area contributed by atoms with Crippen LogP contribution < -0.4 is 10.6 Å². The molecule has 0 aliphatic rings. The van der Waals surface area contributed by atoms with E-state index in [9.17, 15) is 4.79 Å². The highest BCUT2D eigenvalue weighted by Crippen LogP contribution is 2.19. The van der Waals surface area contributed by atoms with E-state index in [-0.39, 0.29) is 6.09 Å². The van der Waals surface area contributed by atoms with Crippen LogP contribution in [0.25, 0.3) is 0 Å². The summed E-state index contributed by atoms with van der Waals surface area (Å²) < 4.78 is 4.92. The van der Waals surface area contributed by atoms with Crippen molar-refractivity contribution in [2.75, 3.05) is 38.2 Å². The molecule has 0 spiro atoms. The maximum atomic E-state index is 11.0. The van der Waals surface area contributed by atoms with Crippen LogP contribution in [0.2, 0.25) is 0 Å². The van der Waals surface area contributed by atoms with Crippen LogP contribution in [0.5, 0.6) is 0 Å². The minimum Gasteiger partial charge on any atom is -0.449 e. The van der Waals surface area contributed by atoms with Crippen molar-refractivity contribution in [2.45, 2.75) is 6.92 Å². The van der Waals surface area contributed by atoms with Gasteiger partial charge in [-0.2, -0.15) is 0 Å². The predicted molar refractivity (Wildman–Crippen MR) is 63.9 cm³/mol. The van der Waals surface area contributed by atoms with Crippen LogP contribution in [0.4, 0.5) is 4.79 Å². The molecule has 4 nitrogen and oxygen atoms in total. The van der Waals surface area contributed by atoms with E-state index in [4.69, 9.17) is 4.74 Å². The molecule has 0 rings (SSSR count). The summed E-state index contributed by atoms with van der Waals surface area (Å²) in [6.45, 7) is 3.94. The Morgan fingerprint density at radius 2 is 2.14 bits per heavy atom. The second-order valence-corrected chi connectivity index (χ2v) is 5.27. The van der Waals surface area contributed by atoms with Crippen molar-refractivity contribution in [2.24, 2.45) is 0 Å². The Labute approximate surface area is 93.3 Å². The summed E-state index contributed by atoms with van der Waals surface area (Å²) in [6.07, 6.45) is -0.331. The molecule has 0 atom stereocenters. The minimum absolute atomic E-state index is 0.331. The lowest BCUT2D eigenvalue weighted by atomic mass is 10.6. The predicted octanol–water partition coefficient (Wildman–Crippen LogP) is 1.33. The number of alkyl carbamates (subject to hydrolysis) is 1. The van der Waals surface area contributed by atoms with Gasteiger partial charge in [-0.1, -0.05) is 28.5 Å². The van der Waals surface area contributed by atoms with E-state index in [0.717, 1.165) is 18.1 Å². The Kier molecular flexibility index (Phi) is 11.0. The molecular weight excluding hydrogens is 220 g/mol. The zero-order valence-corrected chi connectivity index (χ0v) is 10.3. The molecule has 0 bridgehead atoms. The number of likely N-dealkylation sites (N-methyl/N-ethyl adjacent to an activating group) is 1. The van der Waals surface area contributed by atoms with Crippen LogP contribution in [-0.2, 0) is 4.74 Å². The lowest BCUT2D eigenvalue weighted by Crippen LogP contribution is -2.31. The zero-order valence-electron chi connectivity index (χ0n) is 8.67. The van der Waals surface area contributed by atoms with Gasteiger partial charge in [-0.25, -0.2) is 4.79 Å². The zero-order chi connectivity index (χ0) is 10.6. The number of amides is 1. The summed E-state index contributed by atoms with van der Waals surface area (Å²) in [5.41, 5.74) is 0. The van der Waals surface area contributed by atoms with Crippen molar-refractivity contribution in [1.82, 2.24) is 10.6 Å². The van der Waals surface area contributed by atoms with Crippen molar-refractivity contribution in [1.29, 1.82) is 0 Å². The number of ether oxygens (including phenoxy) is 1. The van der Waals surface area contributed by atoms with E-state index in [1.807, 2.05) is 7.05 Å². The van der Waals surface area contributed by atoms with Crippen molar-refractivity contribution in [3.05, 3.63) is 0 Å². The molecule has 84 valence electrons. The average molecular weight is 238 g/mol. The fourth-order valence-electron chi connectivity index (χ4n) is 0.651. The number of hydrogen-bond acceptors (Lipinski definition) is 5. The Morgan fingerprint density at radius 3 is 2.79 bits per heavy atom. The SMILES string of the molecule is CCSSCCOC(=O)NCCNC. The van der Waals surface area contributed by atoms with Gasteiger partial charge >= 0.3 is 6.09 Å². The summed E-state index contributed by atoms with van der Waals surface area (Å²) >= 11 is 0. The fraction of sp³-hybridized carbons (Fsp3) is 0.875. The van der Waals surface area contributed by atoms with Gasteiger partial charge in [-0.05, 0) is 7.05 Å². The van der Waals surface area contributed by atoms with E-state index >= 15 is 0 Å². The first-order valence-corrected chi connectivity index (χ1v) is 7.09. The van der Waals surface area contributed by atoms with Crippen molar-refractivity contribution < 1.29 is 9.53 Å². The Bertz CT molecular complexity index is 147. The Hall–Kier alpha value is -0.0700. The maximum absolute atomic E-state index is 11.0. The standard InChI is InChI=1S/C8H18N2O2S2/c1-3-13-14-7-6-12-8(11)10-5-4-9-2/h9H,3-7H2,1-2H3,(H,10,11). The number of hydrogen-bond donors (Lipinski definition) is 2. The molecule has 0 aliphatic heterocycles. The molecular formula is C8H18N2O2S2. The van der Waals surface area contributed by atoms with Crippen LogP contribution >= 0.6 is 21.6 Å². The average Bonchev–Trinajstić information content (AvgIpc) is 2.18. The van der Waals surface area contributed by atoms with Gasteiger partial charge < -0.3 is 15.4 Å². The molecule has 0 fully saturated rings. The monoisotopic (exact) mass is 238 g/mol. The number of carbonyl (C=O) groups excluding carboxylic acids is 1. The van der Waals surface area contributed by atoms with E-state index in [1.54, 1.807) is 21.6 Å². The van der Waals surface area contributed by atoms with Crippen molar-refractivity contribution in [3.8, 4) is 0 Å². The van der Waals surface area contributed by atoms with Gasteiger partial charge in [0.1, 0.15) is 6.61 Å². The molecule has 0 saturated carbocycles. The van der Waals surface area contributed by atoms with Gasteiger partial charge in [0, 0.05) is 24.6 Å². The lowest BCUT2D eigenvalue weighted by Gasteiger charge is -2.05. The quantitative estimate of drug-likeness (QED) is 0.493. The first-order valence-electron chi connectivity index (χ1n) is 4.61. The van der Waals surface area contributed by atoms with E-state index in [0.29, 0.717) is 13.2 Å². The topological polar surface area (TPSA) is 50.4 Å². The molecule has 0 heterocycles. The molecule has 0 aromatic heterocycles. The molecule has 0 aliphatic carbocycles. The van der Waals surface area contributed by atoms with Crippen molar-refractivity contribution in [3.63, 3.8) is 0 Å². The van der Waals surface area contributed by atoms with Crippen LogP contribution in [0.1, 0.15) is 6.92 Å². The van der Waals surface area contributed by atoms with Gasteiger partial charge in [-0.15, -0.1) is 0 Å². The van der Waals surface area contributed by atoms with Gasteiger partial charge in [0.15, 0.2) is 0 Å². The molecule has 14 heavy (non-hydrogen) atoms. The van der Waals surface area contributed by atoms with E-state index in [1.165, 1.54) is 0 Å². The van der Waals surface area contributed by atoms with E-state index < -0.39 is 0 Å². The summed E-state index contributed by atoms with van der Waals surface area (Å²) in [5, 5.41) is 5.56. The fourth-order valence-corrected chi connectivity index (χ4v) is 2.14. The summed E-state index contributed by atoms with van der Waals surface area (Å²) in [4.78, 5) is 11.0.